The van der Waals surface area contributed by atoms with Gasteiger partial charge >= 0.3 is 122 Å². The molecule has 8 aromatic rings. The van der Waals surface area contributed by atoms with Gasteiger partial charge in [0.1, 0.15) is 0 Å². The maximum atomic E-state index is 5.92. The summed E-state index contributed by atoms with van der Waals surface area (Å²) < 4.78 is 1.96. The Morgan fingerprint density at radius 3 is 0.696 bits per heavy atom. The molecule has 0 N–H and O–H groups in total. The smallest absolute Gasteiger partial charge is 0.0134 e. The molecular weight excluding hydrogens is 846 g/mol. The Hall–Kier alpha value is -4.44. The summed E-state index contributed by atoms with van der Waals surface area (Å²) in [6, 6.07) is 85.4. The van der Waals surface area contributed by atoms with Gasteiger partial charge in [-0.25, -0.2) is 0 Å². The van der Waals surface area contributed by atoms with Crippen molar-refractivity contribution < 1.29 is 14.0 Å². The molecule has 0 fully saturated rings. The minimum atomic E-state index is -1.75. The fraction of sp³-hybridized carbons (Fsp3) is 0.0196. The zero-order chi connectivity index (χ0) is 38.6. The number of rotatable bonds is 10. The monoisotopic (exact) mass is 889 g/mol. The van der Waals surface area contributed by atoms with E-state index in [9.17, 15) is 0 Å². The van der Waals surface area contributed by atoms with Crippen molar-refractivity contribution in [1.82, 2.24) is 0 Å². The molecule has 0 radical (unpaired) electrons. The van der Waals surface area contributed by atoms with E-state index in [4.69, 9.17) is 19.4 Å². The van der Waals surface area contributed by atoms with Crippen molar-refractivity contribution in [3.8, 4) is 0 Å². The van der Waals surface area contributed by atoms with Gasteiger partial charge in [-0.2, -0.15) is 0 Å². The first kappa shape index (κ1) is 41.2. The van der Waals surface area contributed by atoms with E-state index in [0.717, 1.165) is 0 Å². The van der Waals surface area contributed by atoms with Gasteiger partial charge in [0, 0.05) is 0 Å². The molecule has 0 spiro atoms. The molecule has 8 rings (SSSR count). The molecule has 279 valence electrons. The van der Waals surface area contributed by atoms with Gasteiger partial charge in [-0.15, -0.1) is 0 Å². The van der Waals surface area contributed by atoms with Crippen molar-refractivity contribution in [1.29, 1.82) is 0 Å². The Labute approximate surface area is 349 Å². The first-order chi connectivity index (χ1) is 27.7. The van der Waals surface area contributed by atoms with Crippen LogP contribution >= 0.6 is 35.2 Å². The van der Waals surface area contributed by atoms with Crippen LogP contribution in [0.25, 0.3) is 0 Å². The largest absolute Gasteiger partial charge is 0.0622 e. The Morgan fingerprint density at radius 2 is 0.500 bits per heavy atom. The van der Waals surface area contributed by atoms with Crippen LogP contribution in [0.4, 0.5) is 0 Å². The molecule has 0 bridgehead atoms. The average molecular weight is 890 g/mol. The summed E-state index contributed by atoms with van der Waals surface area (Å²) in [4.78, 5) is 0. The van der Waals surface area contributed by atoms with Crippen LogP contribution in [0.1, 0.15) is 17.0 Å². The standard InChI is InChI=1S/2C18H15P.C15H13.2ClH.Ru/c2*1-4-10-16(11-5-1)19(17-12-6-2-7-13-17)18-14-8-3-9-15-18;1-2-15(13-9-5-3-6-10-13)14-11-7-4-8-12-14;;;/h2*1-15H;1-12,15H;2*1H;/q;;;;;+2/p-2. The van der Waals surface area contributed by atoms with Gasteiger partial charge in [0.25, 0.3) is 0 Å². The van der Waals surface area contributed by atoms with E-state index in [1.54, 1.807) is 0 Å². The normalized spacial score (nSPS) is 11.1. The van der Waals surface area contributed by atoms with Crippen molar-refractivity contribution in [2.45, 2.75) is 5.92 Å². The third-order valence-corrected chi connectivity index (χ3v) is 15.5. The van der Waals surface area contributed by atoms with Crippen molar-refractivity contribution in [2.75, 3.05) is 0 Å². The molecule has 0 aliphatic carbocycles. The van der Waals surface area contributed by atoms with E-state index in [-0.39, 0.29) is 5.92 Å². The Kier molecular flexibility index (Phi) is 16.9. The van der Waals surface area contributed by atoms with Gasteiger partial charge in [0.2, 0.25) is 0 Å². The molecule has 0 amide bonds. The predicted octanol–water partition coefficient (Wildman–Crippen LogP) is 12.1. The molecule has 5 heteroatoms. The molecular formula is C51H43Cl2P2Ru. The van der Waals surface area contributed by atoms with Gasteiger partial charge < -0.3 is 0 Å². The zero-order valence-corrected chi connectivity index (χ0v) is 35.9. The van der Waals surface area contributed by atoms with Gasteiger partial charge in [0.15, 0.2) is 0 Å². The van der Waals surface area contributed by atoms with Crippen LogP contribution in [-0.4, -0.2) is 0 Å². The molecule has 0 saturated heterocycles. The number of halogens is 2. The molecule has 0 saturated carbocycles. The first-order valence-electron chi connectivity index (χ1n) is 18.3. The molecule has 56 heavy (non-hydrogen) atoms. The van der Waals surface area contributed by atoms with Crippen LogP contribution in [0.5, 0.6) is 0 Å². The first-order valence-corrected chi connectivity index (χ1v) is 26.5. The Bertz CT molecular complexity index is 1920. The van der Waals surface area contributed by atoms with Crippen molar-refractivity contribution in [2.24, 2.45) is 0 Å². The van der Waals surface area contributed by atoms with Gasteiger partial charge in [-0.1, -0.05) is 182 Å². The van der Waals surface area contributed by atoms with Gasteiger partial charge in [0.05, 0.1) is 0 Å². The second-order valence-electron chi connectivity index (χ2n) is 12.5. The fourth-order valence-electron chi connectivity index (χ4n) is 6.21. The molecule has 8 aromatic carbocycles. The van der Waals surface area contributed by atoms with E-state index in [1.807, 2.05) is 16.8 Å². The summed E-state index contributed by atoms with van der Waals surface area (Å²) >= 11 is -1.75. The number of benzene rings is 8. The van der Waals surface area contributed by atoms with E-state index in [0.29, 0.717) is 0 Å². The maximum Gasteiger partial charge on any atom is -0.0134 e. The van der Waals surface area contributed by atoms with E-state index >= 15 is 0 Å². The average Bonchev–Trinajstić information content (AvgIpc) is 3.27. The number of allylic oxidation sites excluding steroid dienone is 1. The summed E-state index contributed by atoms with van der Waals surface area (Å²) in [6.45, 7) is 0. The van der Waals surface area contributed by atoms with E-state index < -0.39 is 29.8 Å². The molecule has 0 aliphatic rings. The topological polar surface area (TPSA) is 0 Å². The second-order valence-corrected chi connectivity index (χ2v) is 22.7. The molecule has 0 nitrogen and oxygen atoms in total. The quantitative estimate of drug-likeness (QED) is 0.0948. The summed E-state index contributed by atoms with van der Waals surface area (Å²) in [7, 11) is 10.9. The summed E-state index contributed by atoms with van der Waals surface area (Å²) in [5.41, 5.74) is 2.51. The van der Waals surface area contributed by atoms with E-state index in [1.165, 1.54) is 43.0 Å². The zero-order valence-electron chi connectivity index (χ0n) is 30.8. The molecule has 0 aliphatic heterocycles. The number of hydrogen-bond acceptors (Lipinski definition) is 0. The summed E-state index contributed by atoms with van der Waals surface area (Å²) in [5.74, 6) is 0.223. The van der Waals surface area contributed by atoms with Gasteiger partial charge in [-0.3, -0.25) is 0 Å². The van der Waals surface area contributed by atoms with Crippen LogP contribution < -0.4 is 31.8 Å². The fourth-order valence-corrected chi connectivity index (χ4v) is 12.0. The van der Waals surface area contributed by atoms with Crippen LogP contribution in [0, 0.1) is 0 Å². The summed E-state index contributed by atoms with van der Waals surface area (Å²) in [6.07, 6.45) is 2.11. The second kappa shape index (κ2) is 23.0. The van der Waals surface area contributed by atoms with Crippen LogP contribution in [-0.2, 0) is 14.0 Å². The van der Waals surface area contributed by atoms with Crippen LogP contribution in [0.3, 0.4) is 0 Å². The maximum absolute atomic E-state index is 5.92. The van der Waals surface area contributed by atoms with Gasteiger partial charge in [-0.05, 0) is 47.7 Å². The number of hydrogen-bond donors (Lipinski definition) is 0. The van der Waals surface area contributed by atoms with Crippen LogP contribution in [0.2, 0.25) is 0 Å². The Balaban J connectivity index is 0.000000142. The van der Waals surface area contributed by atoms with Crippen molar-refractivity contribution in [3.05, 3.63) is 265 Å². The SMILES string of the molecule is [Cl][Ru]([Cl])[CH]=CC(c1ccccc1)c1ccccc1.c1ccc(P(c2ccccc2)c2ccccc2)cc1.c1ccc(P(c2ccccc2)c2ccccc2)cc1. The van der Waals surface area contributed by atoms with Crippen molar-refractivity contribution in [3.63, 3.8) is 0 Å². The Morgan fingerprint density at radius 1 is 0.304 bits per heavy atom. The molecule has 0 atom stereocenters. The molecule has 0 unspecified atom stereocenters. The minimum Gasteiger partial charge on any atom is -0.0622 e. The van der Waals surface area contributed by atoms with Crippen molar-refractivity contribution >= 4 is 67.1 Å². The molecule has 0 aromatic heterocycles. The third-order valence-electron chi connectivity index (χ3n) is 8.75. The predicted molar refractivity (Wildman–Crippen MR) is 246 cm³/mol. The third kappa shape index (κ3) is 12.5. The summed E-state index contributed by atoms with van der Waals surface area (Å²) in [5, 5.41) is 8.39. The van der Waals surface area contributed by atoms with E-state index in [2.05, 4.69) is 237 Å². The van der Waals surface area contributed by atoms with Crippen LogP contribution in [0.15, 0.2) is 253 Å². The molecule has 0 heterocycles. The minimum absolute atomic E-state index is 0.223.